The number of aryl methyl sites for hydroxylation is 1. The topological polar surface area (TPSA) is 29.5 Å². The Balaban J connectivity index is 1.94. The Hall–Kier alpha value is -2.53. The van der Waals surface area contributed by atoms with Crippen LogP contribution in [-0.2, 0) is 10.3 Å². The normalized spacial score (nSPS) is 20.7. The van der Waals surface area contributed by atoms with Gasteiger partial charge in [-0.15, -0.1) is 0 Å². The quantitative estimate of drug-likeness (QED) is 0.424. The van der Waals surface area contributed by atoms with Gasteiger partial charge in [0.1, 0.15) is 0 Å². The van der Waals surface area contributed by atoms with Crippen molar-refractivity contribution in [3.8, 4) is 0 Å². The molecule has 0 aliphatic carbocycles. The van der Waals surface area contributed by atoms with Gasteiger partial charge in [-0.2, -0.15) is 0 Å². The minimum atomic E-state index is -2.62. The minimum absolute atomic E-state index is 0.234. The van der Waals surface area contributed by atoms with Crippen LogP contribution in [0.1, 0.15) is 32.6 Å². The van der Waals surface area contributed by atoms with Crippen LogP contribution < -0.4 is 13.7 Å². The van der Waals surface area contributed by atoms with Gasteiger partial charge in [-0.3, -0.25) is 0 Å². The Morgan fingerprint density at radius 1 is 0.862 bits per heavy atom. The SMILES string of the molecule is Cc1ccc2[c](c1)[Ge]([CH3])([CH3])[c]1cc(N(C)C)ccc1C21OC(=O)c2ccccc21. The predicted octanol–water partition coefficient (Wildman–Crippen LogP) is 3.66. The summed E-state index contributed by atoms with van der Waals surface area (Å²) in [5.41, 5.74) is 5.52. The Morgan fingerprint density at radius 3 is 2.24 bits per heavy atom. The standard InChI is InChI=1S/C25H25GeNO2/c1-16-10-12-20-22(14-16)26(2,3)23-15-17(27(4)5)11-13-21(23)25(20)19-9-7-6-8-18(19)24(28)29-25/h6-15H,1-5H3. The van der Waals surface area contributed by atoms with E-state index in [4.69, 9.17) is 4.74 Å². The fourth-order valence-electron chi connectivity index (χ4n) is 5.02. The zero-order valence-corrected chi connectivity index (χ0v) is 19.6. The van der Waals surface area contributed by atoms with Gasteiger partial charge < -0.3 is 0 Å². The van der Waals surface area contributed by atoms with Gasteiger partial charge >= 0.3 is 175 Å². The van der Waals surface area contributed by atoms with Gasteiger partial charge in [0.25, 0.3) is 0 Å². The first-order chi connectivity index (χ1) is 13.8. The van der Waals surface area contributed by atoms with Crippen LogP contribution in [0.5, 0.6) is 0 Å². The first-order valence-corrected chi connectivity index (χ1v) is 16.3. The molecule has 5 rings (SSSR count). The van der Waals surface area contributed by atoms with Crippen molar-refractivity contribution in [2.24, 2.45) is 0 Å². The number of carbonyl (C=O) groups excluding carboxylic acids is 1. The molecule has 2 aliphatic heterocycles. The number of ether oxygens (including phenoxy) is 1. The molecule has 0 amide bonds. The molecule has 1 spiro atoms. The van der Waals surface area contributed by atoms with E-state index in [1.807, 2.05) is 18.2 Å². The number of fused-ring (bicyclic) bond motifs is 6. The van der Waals surface area contributed by atoms with Gasteiger partial charge in [-0.1, -0.05) is 0 Å². The molecule has 1 unspecified atom stereocenters. The average molecular weight is 444 g/mol. The van der Waals surface area contributed by atoms with Gasteiger partial charge in [0.15, 0.2) is 0 Å². The molecule has 146 valence electrons. The Morgan fingerprint density at radius 2 is 1.52 bits per heavy atom. The third-order valence-electron chi connectivity index (χ3n) is 6.57. The van der Waals surface area contributed by atoms with E-state index in [2.05, 4.69) is 79.9 Å². The summed E-state index contributed by atoms with van der Waals surface area (Å²) < 4.78 is 9.11. The first-order valence-electron chi connectivity index (χ1n) is 10.0. The number of carbonyl (C=O) groups is 1. The second kappa shape index (κ2) is 5.99. The van der Waals surface area contributed by atoms with Crippen LogP contribution in [-0.4, -0.2) is 33.3 Å². The van der Waals surface area contributed by atoms with E-state index in [1.165, 1.54) is 20.0 Å². The average Bonchev–Trinajstić information content (AvgIpc) is 3.00. The molecule has 0 radical (unpaired) electrons. The summed E-state index contributed by atoms with van der Waals surface area (Å²) in [7, 11) is 4.15. The van der Waals surface area contributed by atoms with Crippen molar-refractivity contribution in [2.75, 3.05) is 19.0 Å². The van der Waals surface area contributed by atoms with E-state index in [9.17, 15) is 4.79 Å². The number of rotatable bonds is 1. The number of esters is 1. The maximum atomic E-state index is 12.9. The van der Waals surface area contributed by atoms with E-state index < -0.39 is 18.9 Å². The van der Waals surface area contributed by atoms with Crippen LogP contribution in [0, 0.1) is 6.92 Å². The van der Waals surface area contributed by atoms with Gasteiger partial charge in [-0.05, 0) is 0 Å². The monoisotopic (exact) mass is 445 g/mol. The molecule has 2 aliphatic rings. The van der Waals surface area contributed by atoms with Crippen LogP contribution in [0.25, 0.3) is 0 Å². The summed E-state index contributed by atoms with van der Waals surface area (Å²) in [4.78, 5) is 15.1. The van der Waals surface area contributed by atoms with Crippen LogP contribution in [0.4, 0.5) is 5.69 Å². The molecule has 0 saturated carbocycles. The van der Waals surface area contributed by atoms with Crippen molar-refractivity contribution in [1.82, 2.24) is 0 Å². The fourth-order valence-corrected chi connectivity index (χ4v) is 11.8. The third-order valence-corrected chi connectivity index (χ3v) is 14.0. The number of nitrogens with zero attached hydrogens (tertiary/aromatic N) is 1. The second-order valence-corrected chi connectivity index (χ2v) is 18.0. The van der Waals surface area contributed by atoms with Gasteiger partial charge in [0, 0.05) is 0 Å². The van der Waals surface area contributed by atoms with E-state index >= 15 is 0 Å². The summed E-state index contributed by atoms with van der Waals surface area (Å²) in [6, 6.07) is 21.2. The van der Waals surface area contributed by atoms with Gasteiger partial charge in [0.2, 0.25) is 0 Å². The van der Waals surface area contributed by atoms with E-state index in [1.54, 1.807) is 0 Å². The number of hydrogen-bond donors (Lipinski definition) is 0. The van der Waals surface area contributed by atoms with Gasteiger partial charge in [-0.25, -0.2) is 0 Å². The Labute approximate surface area is 174 Å². The molecule has 3 nitrogen and oxygen atoms in total. The van der Waals surface area contributed by atoms with Crippen LogP contribution >= 0.6 is 0 Å². The van der Waals surface area contributed by atoms with E-state index in [-0.39, 0.29) is 5.97 Å². The molecule has 0 bridgehead atoms. The van der Waals surface area contributed by atoms with Crippen molar-refractivity contribution < 1.29 is 9.53 Å². The summed E-state index contributed by atoms with van der Waals surface area (Å²) >= 11 is -2.62. The molecule has 1 atom stereocenters. The summed E-state index contributed by atoms with van der Waals surface area (Å²) in [6.07, 6.45) is 0. The van der Waals surface area contributed by atoms with Crippen molar-refractivity contribution in [3.63, 3.8) is 0 Å². The summed E-state index contributed by atoms with van der Waals surface area (Å²) in [6.45, 7) is 2.14. The van der Waals surface area contributed by atoms with Gasteiger partial charge in [0.05, 0.1) is 0 Å². The van der Waals surface area contributed by atoms with Crippen LogP contribution in [0.3, 0.4) is 0 Å². The molecule has 0 aromatic heterocycles. The van der Waals surface area contributed by atoms with Crippen molar-refractivity contribution in [1.29, 1.82) is 0 Å². The maximum absolute atomic E-state index is 12.9. The molecule has 0 saturated heterocycles. The second-order valence-electron chi connectivity index (χ2n) is 8.91. The van der Waals surface area contributed by atoms with E-state index in [0.29, 0.717) is 5.56 Å². The Bertz CT molecular complexity index is 1180. The molecule has 2 heterocycles. The Kier molecular flexibility index (Phi) is 3.82. The van der Waals surface area contributed by atoms with Crippen molar-refractivity contribution in [2.45, 2.75) is 24.0 Å². The fraction of sp³-hybridized carbons (Fsp3) is 0.240. The molecule has 29 heavy (non-hydrogen) atoms. The number of benzene rings is 3. The first kappa shape index (κ1) is 18.5. The van der Waals surface area contributed by atoms with Crippen molar-refractivity contribution in [3.05, 3.63) is 88.5 Å². The van der Waals surface area contributed by atoms with E-state index in [0.717, 1.165) is 16.7 Å². The molecule has 0 fully saturated rings. The number of hydrogen-bond acceptors (Lipinski definition) is 3. The summed E-state index contributed by atoms with van der Waals surface area (Å²) in [5, 5.41) is 0. The molecule has 3 aromatic rings. The van der Waals surface area contributed by atoms with Crippen LogP contribution in [0.15, 0.2) is 60.7 Å². The van der Waals surface area contributed by atoms with Crippen LogP contribution in [0.2, 0.25) is 11.5 Å². The molecular weight excluding hydrogens is 419 g/mol. The molecule has 0 N–H and O–H groups in total. The predicted molar refractivity (Wildman–Crippen MR) is 120 cm³/mol. The molecular formula is C25H25GeNO2. The summed E-state index contributed by atoms with van der Waals surface area (Å²) in [5.74, 6) is 4.67. The third kappa shape index (κ3) is 2.34. The molecule has 4 heteroatoms. The zero-order valence-electron chi connectivity index (χ0n) is 17.5. The number of anilines is 1. The molecule has 3 aromatic carbocycles. The zero-order chi connectivity index (χ0) is 20.6. The van der Waals surface area contributed by atoms with Crippen molar-refractivity contribution >= 4 is 33.7 Å².